The summed E-state index contributed by atoms with van der Waals surface area (Å²) in [4.78, 5) is 25.7. The number of quaternary nitrogens is 1. The van der Waals surface area contributed by atoms with Gasteiger partial charge in [-0.2, -0.15) is 0 Å². The molecule has 0 aromatic rings. The van der Waals surface area contributed by atoms with Gasteiger partial charge in [-0.15, -0.1) is 0 Å². The summed E-state index contributed by atoms with van der Waals surface area (Å²) in [5.41, 5.74) is 0. The van der Waals surface area contributed by atoms with E-state index >= 15 is 0 Å². The molecule has 0 saturated heterocycles. The van der Waals surface area contributed by atoms with Crippen molar-refractivity contribution in [3.63, 3.8) is 0 Å². The van der Waals surface area contributed by atoms with E-state index in [1.807, 2.05) is 21.1 Å². The van der Waals surface area contributed by atoms with Crippen LogP contribution in [0.4, 0.5) is 0 Å². The maximum atomic E-state index is 13.1. The minimum atomic E-state index is -4.58. The van der Waals surface area contributed by atoms with Crippen LogP contribution in [0.1, 0.15) is 354 Å². The van der Waals surface area contributed by atoms with Gasteiger partial charge in [0.25, 0.3) is 7.82 Å². The topological polar surface area (TPSA) is 108 Å². The Bertz CT molecular complexity index is 1620. The summed E-state index contributed by atoms with van der Waals surface area (Å²) in [5, 5.41) is 14.1. The van der Waals surface area contributed by atoms with Gasteiger partial charge in [-0.05, 0) is 64.2 Å². The van der Waals surface area contributed by atoms with Gasteiger partial charge < -0.3 is 28.8 Å². The van der Waals surface area contributed by atoms with E-state index in [0.717, 1.165) is 77.0 Å². The van der Waals surface area contributed by atoms with Crippen LogP contribution in [-0.2, 0) is 18.4 Å². The zero-order valence-corrected chi connectivity index (χ0v) is 58.0. The van der Waals surface area contributed by atoms with Gasteiger partial charge in [0.05, 0.1) is 39.9 Å². The third kappa shape index (κ3) is 69.3. The number of hydrogen-bond donors (Lipinski definition) is 2. The van der Waals surface area contributed by atoms with Crippen LogP contribution in [0, 0.1) is 0 Å². The molecule has 1 amide bonds. The molecule has 3 atom stereocenters. The van der Waals surface area contributed by atoms with E-state index in [-0.39, 0.29) is 19.1 Å². The lowest BCUT2D eigenvalue weighted by Crippen LogP contribution is -2.46. The Kier molecular flexibility index (Phi) is 64.8. The molecule has 0 aliphatic heterocycles. The number of aliphatic hydroxyl groups is 1. The lowest BCUT2D eigenvalue weighted by atomic mass is 10.0. The second-order valence-corrected chi connectivity index (χ2v) is 27.7. The van der Waals surface area contributed by atoms with Crippen molar-refractivity contribution in [1.29, 1.82) is 0 Å². The number of phosphoric acid groups is 1. The van der Waals surface area contributed by atoms with Gasteiger partial charge in [0.2, 0.25) is 5.91 Å². The summed E-state index contributed by atoms with van der Waals surface area (Å²) in [6, 6.07) is -0.805. The second-order valence-electron chi connectivity index (χ2n) is 26.3. The van der Waals surface area contributed by atoms with E-state index in [1.54, 1.807) is 0 Å². The van der Waals surface area contributed by atoms with Gasteiger partial charge in [-0.1, -0.05) is 356 Å². The molecule has 0 aromatic heterocycles. The summed E-state index contributed by atoms with van der Waals surface area (Å²) >= 11 is 0. The number of hydrogen-bond acceptors (Lipinski definition) is 6. The first-order valence-corrected chi connectivity index (χ1v) is 38.2. The van der Waals surface area contributed by atoms with E-state index < -0.39 is 20.0 Å². The predicted octanol–water partition coefficient (Wildman–Crippen LogP) is 23.1. The summed E-state index contributed by atoms with van der Waals surface area (Å²) in [6.45, 7) is 4.66. The Morgan fingerprint density at radius 3 is 1.05 bits per heavy atom. The third-order valence-electron chi connectivity index (χ3n) is 16.7. The molecule has 0 fully saturated rings. The highest BCUT2D eigenvalue weighted by Crippen LogP contribution is 2.38. The van der Waals surface area contributed by atoms with Crippen molar-refractivity contribution >= 4 is 13.7 Å². The zero-order valence-electron chi connectivity index (χ0n) is 57.1. The minimum absolute atomic E-state index is 0.0119. The van der Waals surface area contributed by atoms with Gasteiger partial charge in [0.15, 0.2) is 0 Å². The van der Waals surface area contributed by atoms with Gasteiger partial charge in [-0.3, -0.25) is 9.36 Å². The maximum Gasteiger partial charge on any atom is 0.268 e. The number of rotatable bonds is 68. The Labute approximate surface area is 529 Å². The highest BCUT2D eigenvalue weighted by atomic mass is 31.2. The SMILES string of the molecule is CC/C=C\C/C=C\C/C=C\C/C=C\C/C=C\C/C=C\CCCCCCCCCCCCCCCCCCC(=O)NC(COP(=O)([O-])OCC[N+](C)(C)C)C(O)CCCCCCCCCCCCCCCCCCCCCCCCCCCCCC. The second kappa shape index (κ2) is 66.4. The van der Waals surface area contributed by atoms with Crippen molar-refractivity contribution in [3.05, 3.63) is 72.9 Å². The molecule has 85 heavy (non-hydrogen) atoms. The first-order chi connectivity index (χ1) is 41.5. The average molecular weight is 1210 g/mol. The monoisotopic (exact) mass is 1210 g/mol. The molecule has 9 heteroatoms. The van der Waals surface area contributed by atoms with Crippen LogP contribution in [0.2, 0.25) is 0 Å². The van der Waals surface area contributed by atoms with Gasteiger partial charge in [-0.25, -0.2) is 0 Å². The highest BCUT2D eigenvalue weighted by molar-refractivity contribution is 7.45. The molecule has 8 nitrogen and oxygen atoms in total. The van der Waals surface area contributed by atoms with Gasteiger partial charge in [0.1, 0.15) is 13.2 Å². The fourth-order valence-electron chi connectivity index (χ4n) is 11.0. The molecule has 0 spiro atoms. The zero-order chi connectivity index (χ0) is 61.9. The smallest absolute Gasteiger partial charge is 0.268 e. The number of amides is 1. The average Bonchev–Trinajstić information content (AvgIpc) is 3.48. The summed E-state index contributed by atoms with van der Waals surface area (Å²) in [6.07, 6.45) is 92.7. The van der Waals surface area contributed by atoms with E-state index in [2.05, 4.69) is 92.1 Å². The molecule has 2 N–H and O–H groups in total. The van der Waals surface area contributed by atoms with Crippen molar-refractivity contribution < 1.29 is 32.9 Å². The van der Waals surface area contributed by atoms with Crippen LogP contribution in [0.15, 0.2) is 72.9 Å². The molecule has 0 bridgehead atoms. The first kappa shape index (κ1) is 82.9. The van der Waals surface area contributed by atoms with E-state index in [1.165, 1.54) is 250 Å². The quantitative estimate of drug-likeness (QED) is 0.0272. The number of phosphoric ester groups is 1. The number of carbonyl (C=O) groups excluding carboxylic acids is 1. The maximum absolute atomic E-state index is 13.1. The van der Waals surface area contributed by atoms with Crippen LogP contribution in [0.5, 0.6) is 0 Å². The Morgan fingerprint density at radius 1 is 0.424 bits per heavy atom. The lowest BCUT2D eigenvalue weighted by molar-refractivity contribution is -0.870. The summed E-state index contributed by atoms with van der Waals surface area (Å²) in [7, 11) is 1.32. The van der Waals surface area contributed by atoms with Crippen molar-refractivity contribution in [3.8, 4) is 0 Å². The van der Waals surface area contributed by atoms with Crippen LogP contribution in [0.25, 0.3) is 0 Å². The van der Waals surface area contributed by atoms with Crippen LogP contribution in [0.3, 0.4) is 0 Å². The highest BCUT2D eigenvalue weighted by Gasteiger charge is 2.24. The standard InChI is InChI=1S/C76H143N2O6P/c1-6-8-10-12-14-16-18-20-22-24-26-28-30-32-34-36-37-38-39-40-41-42-44-46-48-50-52-54-56-58-60-62-64-66-68-70-76(80)77-74(73-84-85(81,82)83-72-71-78(3,4)5)75(79)69-67-65-63-61-59-57-55-53-51-49-47-45-43-35-33-31-29-27-25-23-21-19-17-15-13-11-9-7-2/h8,10,14,16,20,22,26,28,32,34,37-38,74-75,79H,6-7,9,11-13,15,17-19,21,23-25,27,29-31,33,35-36,39-73H2,1-5H3,(H-,77,80,81,82)/b10-8-,16-14-,22-20-,28-26-,34-32-,38-37-. The third-order valence-corrected chi connectivity index (χ3v) is 17.7. The molecule has 498 valence electrons. The molecule has 0 heterocycles. The molecule has 0 aromatic carbocycles. The molecular weight excluding hydrogens is 1070 g/mol. The molecule has 0 aliphatic rings. The largest absolute Gasteiger partial charge is 0.756 e. The van der Waals surface area contributed by atoms with Crippen LogP contribution >= 0.6 is 7.82 Å². The Morgan fingerprint density at radius 2 is 0.718 bits per heavy atom. The lowest BCUT2D eigenvalue weighted by Gasteiger charge is -2.30. The fraction of sp³-hybridized carbons (Fsp3) is 0.829. The Balaban J connectivity index is 4.00. The predicted molar refractivity (Wildman–Crippen MR) is 371 cm³/mol. The number of unbranched alkanes of at least 4 members (excludes halogenated alkanes) is 43. The molecule has 0 radical (unpaired) electrons. The number of carbonyl (C=O) groups is 1. The molecular formula is C76H143N2O6P. The number of aliphatic hydroxyl groups excluding tert-OH is 1. The van der Waals surface area contributed by atoms with E-state index in [9.17, 15) is 19.4 Å². The first-order valence-electron chi connectivity index (χ1n) is 36.8. The Hall–Kier alpha value is -2.06. The molecule has 0 saturated carbocycles. The summed E-state index contributed by atoms with van der Waals surface area (Å²) in [5.74, 6) is -0.161. The van der Waals surface area contributed by atoms with Gasteiger partial charge >= 0.3 is 0 Å². The number of nitrogens with one attached hydrogen (secondary N) is 1. The van der Waals surface area contributed by atoms with Crippen molar-refractivity contribution in [2.24, 2.45) is 0 Å². The van der Waals surface area contributed by atoms with Crippen LogP contribution in [-0.4, -0.2) is 68.5 Å². The van der Waals surface area contributed by atoms with Crippen molar-refractivity contribution in [2.45, 2.75) is 366 Å². The van der Waals surface area contributed by atoms with Crippen molar-refractivity contribution in [2.75, 3.05) is 40.9 Å². The fourth-order valence-corrected chi connectivity index (χ4v) is 11.8. The minimum Gasteiger partial charge on any atom is -0.756 e. The van der Waals surface area contributed by atoms with Crippen molar-refractivity contribution in [1.82, 2.24) is 5.32 Å². The molecule has 0 rings (SSSR count). The molecule has 0 aliphatic carbocycles. The summed E-state index contributed by atoms with van der Waals surface area (Å²) < 4.78 is 23.6. The number of allylic oxidation sites excluding steroid dienone is 12. The van der Waals surface area contributed by atoms with E-state index in [4.69, 9.17) is 9.05 Å². The van der Waals surface area contributed by atoms with Crippen LogP contribution < -0.4 is 10.2 Å². The molecule has 3 unspecified atom stereocenters. The van der Waals surface area contributed by atoms with E-state index in [0.29, 0.717) is 23.9 Å². The van der Waals surface area contributed by atoms with Gasteiger partial charge in [0, 0.05) is 6.42 Å². The number of likely N-dealkylation sites (N-methyl/N-ethyl adjacent to an activating group) is 1. The normalized spacial score (nSPS) is 14.0. The number of nitrogens with zero attached hydrogens (tertiary/aromatic N) is 1.